The summed E-state index contributed by atoms with van der Waals surface area (Å²) in [5.41, 5.74) is 0.607. The number of rotatable bonds is 5. The van der Waals surface area contributed by atoms with Crippen LogP contribution < -0.4 is 4.74 Å². The zero-order chi connectivity index (χ0) is 22.0. The third-order valence-corrected chi connectivity index (χ3v) is 4.99. The summed E-state index contributed by atoms with van der Waals surface area (Å²) < 4.78 is 49.4. The van der Waals surface area contributed by atoms with Gasteiger partial charge in [0.2, 0.25) is 0 Å². The molecule has 9 heteroatoms. The van der Waals surface area contributed by atoms with Crippen LogP contribution >= 0.6 is 11.6 Å². The van der Waals surface area contributed by atoms with Gasteiger partial charge in [0.25, 0.3) is 5.91 Å². The number of hydrogen-bond acceptors (Lipinski definition) is 4. The summed E-state index contributed by atoms with van der Waals surface area (Å²) in [7, 11) is 0. The Kier molecular flexibility index (Phi) is 5.73. The van der Waals surface area contributed by atoms with Crippen molar-refractivity contribution in [3.63, 3.8) is 0 Å². The van der Waals surface area contributed by atoms with Gasteiger partial charge in [-0.15, -0.1) is 0 Å². The van der Waals surface area contributed by atoms with Gasteiger partial charge in [-0.25, -0.2) is 5.01 Å². The Balaban J connectivity index is 1.53. The second-order valence-electron chi connectivity index (χ2n) is 6.84. The van der Waals surface area contributed by atoms with E-state index in [0.717, 1.165) is 17.7 Å². The number of hydrazone groups is 1. The molecule has 3 aromatic rings. The van der Waals surface area contributed by atoms with E-state index < -0.39 is 30.3 Å². The molecule has 2 heterocycles. The van der Waals surface area contributed by atoms with Gasteiger partial charge in [0, 0.05) is 11.4 Å². The number of carbonyl (C=O) groups excluding carboxylic acids is 1. The highest BCUT2D eigenvalue weighted by atomic mass is 35.5. The van der Waals surface area contributed by atoms with Crippen LogP contribution in [0, 0.1) is 0 Å². The van der Waals surface area contributed by atoms with E-state index in [2.05, 4.69) is 5.10 Å². The van der Waals surface area contributed by atoms with E-state index in [-0.39, 0.29) is 5.75 Å². The second kappa shape index (κ2) is 8.47. The lowest BCUT2D eigenvalue weighted by Gasteiger charge is -2.20. The summed E-state index contributed by atoms with van der Waals surface area (Å²) >= 11 is 5.94. The number of furan rings is 1. The van der Waals surface area contributed by atoms with Crippen molar-refractivity contribution in [1.82, 2.24) is 5.01 Å². The highest BCUT2D eigenvalue weighted by Gasteiger charge is 2.35. The lowest BCUT2D eigenvalue weighted by Crippen LogP contribution is -2.31. The van der Waals surface area contributed by atoms with E-state index in [9.17, 15) is 18.0 Å². The SMILES string of the molecule is O=C(COc1cccc(C(F)(F)F)c1)N1N=C(c2ccc(Cl)cc2)CC1c1ccco1. The predicted octanol–water partition coefficient (Wildman–Crippen LogP) is 5.71. The second-order valence-corrected chi connectivity index (χ2v) is 7.28. The van der Waals surface area contributed by atoms with Gasteiger partial charge in [-0.2, -0.15) is 18.3 Å². The summed E-state index contributed by atoms with van der Waals surface area (Å²) in [6, 6.07) is 14.4. The van der Waals surface area contributed by atoms with E-state index in [0.29, 0.717) is 22.9 Å². The van der Waals surface area contributed by atoms with Crippen molar-refractivity contribution >= 4 is 23.2 Å². The van der Waals surface area contributed by atoms with Crippen LogP contribution in [0.5, 0.6) is 5.75 Å². The normalized spacial score (nSPS) is 16.3. The van der Waals surface area contributed by atoms with Crippen LogP contribution in [0.1, 0.15) is 29.3 Å². The fraction of sp³-hybridized carbons (Fsp3) is 0.182. The third kappa shape index (κ3) is 4.74. The first-order chi connectivity index (χ1) is 14.8. The van der Waals surface area contributed by atoms with Crippen LogP contribution in [0.3, 0.4) is 0 Å². The number of hydrogen-bond donors (Lipinski definition) is 0. The van der Waals surface area contributed by atoms with Crippen molar-refractivity contribution in [2.45, 2.75) is 18.6 Å². The standard InChI is InChI=1S/C22H16ClF3N2O3/c23-16-8-6-14(7-9-16)18-12-19(20-5-2-10-30-20)28(27-18)21(29)13-31-17-4-1-3-15(11-17)22(24,25)26/h1-11,19H,12-13H2. The molecule has 1 aromatic heterocycles. The zero-order valence-electron chi connectivity index (χ0n) is 16.0. The van der Waals surface area contributed by atoms with Crippen LogP contribution in [-0.2, 0) is 11.0 Å². The molecule has 1 unspecified atom stereocenters. The van der Waals surface area contributed by atoms with E-state index >= 15 is 0 Å². The van der Waals surface area contributed by atoms with Crippen LogP contribution in [0.15, 0.2) is 76.4 Å². The summed E-state index contributed by atoms with van der Waals surface area (Å²) in [6.07, 6.45) is -2.59. The molecule has 0 bridgehead atoms. The molecule has 0 radical (unpaired) electrons. The van der Waals surface area contributed by atoms with Crippen molar-refractivity contribution < 1.29 is 27.1 Å². The molecule has 1 aliphatic rings. The van der Waals surface area contributed by atoms with Crippen molar-refractivity contribution in [2.75, 3.05) is 6.61 Å². The molecule has 2 aromatic carbocycles. The number of amides is 1. The van der Waals surface area contributed by atoms with Crippen molar-refractivity contribution in [3.8, 4) is 5.75 Å². The van der Waals surface area contributed by atoms with Gasteiger partial charge in [-0.1, -0.05) is 29.8 Å². The molecule has 31 heavy (non-hydrogen) atoms. The monoisotopic (exact) mass is 448 g/mol. The lowest BCUT2D eigenvalue weighted by atomic mass is 10.0. The molecular formula is C22H16ClF3N2O3. The number of alkyl halides is 3. The Morgan fingerprint density at radius 1 is 1.16 bits per heavy atom. The predicted molar refractivity (Wildman–Crippen MR) is 108 cm³/mol. The minimum atomic E-state index is -4.50. The molecule has 160 valence electrons. The highest BCUT2D eigenvalue weighted by molar-refractivity contribution is 6.30. The molecule has 1 aliphatic heterocycles. The van der Waals surface area contributed by atoms with Gasteiger partial charge < -0.3 is 9.15 Å². The first-order valence-corrected chi connectivity index (χ1v) is 9.68. The molecule has 0 aliphatic carbocycles. The Labute approximate surface area is 180 Å². The average molecular weight is 449 g/mol. The van der Waals surface area contributed by atoms with E-state index in [4.69, 9.17) is 20.8 Å². The number of nitrogens with zero attached hydrogens (tertiary/aromatic N) is 2. The fourth-order valence-corrected chi connectivity index (χ4v) is 3.36. The minimum absolute atomic E-state index is 0.0566. The number of ether oxygens (including phenoxy) is 1. The maximum atomic E-state index is 12.9. The summed E-state index contributed by atoms with van der Waals surface area (Å²) in [4.78, 5) is 12.8. The fourth-order valence-electron chi connectivity index (χ4n) is 3.23. The largest absolute Gasteiger partial charge is 0.484 e. The maximum absolute atomic E-state index is 12.9. The minimum Gasteiger partial charge on any atom is -0.484 e. The topological polar surface area (TPSA) is 55.0 Å². The first-order valence-electron chi connectivity index (χ1n) is 9.30. The molecule has 0 saturated carbocycles. The van der Waals surface area contributed by atoms with Gasteiger partial charge in [0.05, 0.1) is 17.5 Å². The molecule has 0 spiro atoms. The first kappa shape index (κ1) is 21.0. The van der Waals surface area contributed by atoms with Crippen molar-refractivity contribution in [3.05, 3.63) is 88.8 Å². The summed E-state index contributed by atoms with van der Waals surface area (Å²) in [6.45, 7) is -0.476. The smallest absolute Gasteiger partial charge is 0.416 e. The van der Waals surface area contributed by atoms with E-state index in [1.54, 1.807) is 36.4 Å². The van der Waals surface area contributed by atoms with Crippen molar-refractivity contribution in [2.24, 2.45) is 5.10 Å². The molecule has 4 rings (SSSR count). The molecule has 0 fully saturated rings. The number of benzene rings is 2. The Bertz CT molecular complexity index is 1100. The van der Waals surface area contributed by atoms with Gasteiger partial charge in [-0.05, 0) is 48.0 Å². The van der Waals surface area contributed by atoms with Crippen LogP contribution in [-0.4, -0.2) is 23.2 Å². The van der Waals surface area contributed by atoms with Gasteiger partial charge in [-0.3, -0.25) is 4.79 Å². The van der Waals surface area contributed by atoms with Crippen LogP contribution in [0.25, 0.3) is 0 Å². The van der Waals surface area contributed by atoms with E-state index in [1.807, 2.05) is 0 Å². The third-order valence-electron chi connectivity index (χ3n) is 4.74. The highest BCUT2D eigenvalue weighted by Crippen LogP contribution is 2.34. The molecule has 0 saturated heterocycles. The van der Waals surface area contributed by atoms with Gasteiger partial charge >= 0.3 is 6.18 Å². The molecule has 5 nitrogen and oxygen atoms in total. The zero-order valence-corrected chi connectivity index (χ0v) is 16.7. The maximum Gasteiger partial charge on any atom is 0.416 e. The van der Waals surface area contributed by atoms with E-state index in [1.165, 1.54) is 23.4 Å². The van der Waals surface area contributed by atoms with Gasteiger partial charge in [0.1, 0.15) is 17.6 Å². The Morgan fingerprint density at radius 3 is 2.61 bits per heavy atom. The van der Waals surface area contributed by atoms with Gasteiger partial charge in [0.15, 0.2) is 6.61 Å². The van der Waals surface area contributed by atoms with Crippen LogP contribution in [0.2, 0.25) is 5.02 Å². The van der Waals surface area contributed by atoms with Crippen molar-refractivity contribution in [1.29, 1.82) is 0 Å². The quantitative estimate of drug-likeness (QED) is 0.502. The number of halogens is 4. The Morgan fingerprint density at radius 2 is 1.94 bits per heavy atom. The summed E-state index contributed by atoms with van der Waals surface area (Å²) in [5.74, 6) is -0.0262. The molecule has 1 atom stereocenters. The van der Waals surface area contributed by atoms with Crippen LogP contribution in [0.4, 0.5) is 13.2 Å². The lowest BCUT2D eigenvalue weighted by molar-refractivity contribution is -0.137. The molecule has 1 amide bonds. The Hall–Kier alpha value is -3.26. The summed E-state index contributed by atoms with van der Waals surface area (Å²) in [5, 5.41) is 6.25. The average Bonchev–Trinajstić information content (AvgIpc) is 3.42. The number of carbonyl (C=O) groups is 1. The molecule has 0 N–H and O–H groups in total. The molecular weight excluding hydrogens is 433 g/mol.